The molecule has 2 atom stereocenters. The van der Waals surface area contributed by atoms with Gasteiger partial charge in [0.1, 0.15) is 36.9 Å². The Balaban J connectivity index is 1.32. The lowest BCUT2D eigenvalue weighted by molar-refractivity contribution is 0.263. The molecule has 2 saturated heterocycles. The van der Waals surface area contributed by atoms with E-state index in [1.54, 1.807) is 16.8 Å². The van der Waals surface area contributed by atoms with Gasteiger partial charge in [-0.25, -0.2) is 4.68 Å². The van der Waals surface area contributed by atoms with E-state index < -0.39 is 0 Å². The maximum atomic E-state index is 6.47. The molecule has 1 aromatic heterocycles. The van der Waals surface area contributed by atoms with Crippen LogP contribution < -0.4 is 9.47 Å². The maximum Gasteiger partial charge on any atom is 0.122 e. The fourth-order valence-corrected chi connectivity index (χ4v) is 3.54. The van der Waals surface area contributed by atoms with Gasteiger partial charge < -0.3 is 18.9 Å². The minimum Gasteiger partial charge on any atom is -0.491 e. The van der Waals surface area contributed by atoms with Crippen molar-refractivity contribution < 1.29 is 18.9 Å². The molecule has 150 valence electrons. The predicted octanol–water partition coefficient (Wildman–Crippen LogP) is 4.40. The second-order valence-electron chi connectivity index (χ2n) is 6.93. The highest BCUT2D eigenvalue weighted by atomic mass is 35.5. The van der Waals surface area contributed by atoms with E-state index in [-0.39, 0.29) is 12.2 Å². The minimum atomic E-state index is 0.168. The van der Waals surface area contributed by atoms with Crippen LogP contribution in [0.2, 0.25) is 10.0 Å². The highest BCUT2D eigenvalue weighted by Gasteiger charge is 2.24. The summed E-state index contributed by atoms with van der Waals surface area (Å²) in [7, 11) is 0. The molecule has 0 amide bonds. The van der Waals surface area contributed by atoms with E-state index in [2.05, 4.69) is 5.10 Å². The molecule has 0 N–H and O–H groups in total. The number of rotatable bonds is 8. The molecule has 2 fully saturated rings. The largest absolute Gasteiger partial charge is 0.491 e. The van der Waals surface area contributed by atoms with Gasteiger partial charge in [0.25, 0.3) is 0 Å². The van der Waals surface area contributed by atoms with Gasteiger partial charge in [0.15, 0.2) is 0 Å². The predicted molar refractivity (Wildman–Crippen MR) is 109 cm³/mol. The molecule has 0 radical (unpaired) electrons. The molecule has 3 heterocycles. The van der Waals surface area contributed by atoms with Crippen LogP contribution in [-0.4, -0.2) is 48.4 Å². The number of hydrogen-bond donors (Lipinski definition) is 0. The third-order valence-electron chi connectivity index (χ3n) is 4.64. The molecule has 0 aliphatic carbocycles. The molecule has 8 heteroatoms. The Labute approximate surface area is 177 Å². The first-order valence-corrected chi connectivity index (χ1v) is 10.1. The summed E-state index contributed by atoms with van der Waals surface area (Å²) in [5.41, 5.74) is 2.26. The lowest BCUT2D eigenvalue weighted by Gasteiger charge is -2.09. The van der Waals surface area contributed by atoms with Crippen molar-refractivity contribution in [3.05, 3.63) is 58.7 Å². The van der Waals surface area contributed by atoms with Crippen molar-refractivity contribution in [2.45, 2.75) is 12.2 Å². The van der Waals surface area contributed by atoms with Crippen molar-refractivity contribution >= 4 is 23.2 Å². The average Bonchev–Trinajstić information content (AvgIpc) is 3.64. The monoisotopic (exact) mass is 432 g/mol. The molecule has 2 aromatic carbocycles. The van der Waals surface area contributed by atoms with E-state index >= 15 is 0 Å². The Morgan fingerprint density at radius 3 is 2.07 bits per heavy atom. The first kappa shape index (κ1) is 18.8. The molecule has 2 aliphatic heterocycles. The summed E-state index contributed by atoms with van der Waals surface area (Å²) in [6.07, 6.45) is 2.27. The van der Waals surface area contributed by atoms with Crippen LogP contribution in [0.4, 0.5) is 0 Å². The number of epoxide rings is 2. The molecule has 2 aliphatic rings. The molecule has 0 saturated carbocycles. The molecule has 0 bridgehead atoms. The summed E-state index contributed by atoms with van der Waals surface area (Å²) in [5, 5.41) is 5.60. The van der Waals surface area contributed by atoms with Crippen molar-refractivity contribution in [1.29, 1.82) is 0 Å². The number of halogens is 2. The number of nitrogens with zero attached hydrogens (tertiary/aromatic N) is 2. The lowest BCUT2D eigenvalue weighted by atomic mass is 10.1. The Kier molecular flexibility index (Phi) is 5.09. The number of benzene rings is 2. The zero-order valence-corrected chi connectivity index (χ0v) is 16.9. The van der Waals surface area contributed by atoms with E-state index in [1.165, 1.54) is 0 Å². The highest BCUT2D eigenvalue weighted by molar-refractivity contribution is 6.39. The van der Waals surface area contributed by atoms with Gasteiger partial charge in [0, 0.05) is 11.8 Å². The normalized spacial score (nSPS) is 19.8. The zero-order chi connectivity index (χ0) is 19.8. The molecule has 2 unspecified atom stereocenters. The topological polar surface area (TPSA) is 61.3 Å². The van der Waals surface area contributed by atoms with Crippen molar-refractivity contribution in [3.8, 4) is 28.4 Å². The Hall–Kier alpha value is -2.25. The van der Waals surface area contributed by atoms with Gasteiger partial charge in [0.05, 0.1) is 34.6 Å². The summed E-state index contributed by atoms with van der Waals surface area (Å²) >= 11 is 12.9. The van der Waals surface area contributed by atoms with Gasteiger partial charge >= 0.3 is 0 Å². The van der Waals surface area contributed by atoms with Crippen LogP contribution in [0.1, 0.15) is 0 Å². The van der Waals surface area contributed by atoms with E-state index in [9.17, 15) is 0 Å². The van der Waals surface area contributed by atoms with Crippen LogP contribution in [0.5, 0.6) is 11.5 Å². The first-order chi connectivity index (χ1) is 14.2. The molecule has 5 rings (SSSR count). The Bertz CT molecular complexity index is 991. The zero-order valence-electron chi connectivity index (χ0n) is 15.4. The molecular formula is C21H18Cl2N2O4. The SMILES string of the molecule is Clc1cc(OCC2CO2)cc(Cl)c1-c1ccn(-c2ccc(OCC3CO3)cc2)n1. The van der Waals surface area contributed by atoms with E-state index in [0.29, 0.717) is 40.3 Å². The summed E-state index contributed by atoms with van der Waals surface area (Å²) in [6.45, 7) is 2.59. The van der Waals surface area contributed by atoms with Crippen molar-refractivity contribution in [2.75, 3.05) is 26.4 Å². The second-order valence-corrected chi connectivity index (χ2v) is 7.75. The van der Waals surface area contributed by atoms with Gasteiger partial charge in [-0.1, -0.05) is 23.2 Å². The smallest absolute Gasteiger partial charge is 0.122 e. The summed E-state index contributed by atoms with van der Waals surface area (Å²) in [5.74, 6) is 1.42. The summed E-state index contributed by atoms with van der Waals surface area (Å²) in [6, 6.07) is 13.1. The summed E-state index contributed by atoms with van der Waals surface area (Å²) in [4.78, 5) is 0. The number of ether oxygens (including phenoxy) is 4. The van der Waals surface area contributed by atoms with Gasteiger partial charge in [-0.15, -0.1) is 0 Å². The van der Waals surface area contributed by atoms with E-state index in [1.807, 2.05) is 36.5 Å². The van der Waals surface area contributed by atoms with Crippen LogP contribution in [0, 0.1) is 0 Å². The third-order valence-corrected chi connectivity index (χ3v) is 5.23. The minimum absolute atomic E-state index is 0.168. The van der Waals surface area contributed by atoms with Gasteiger partial charge in [-0.3, -0.25) is 0 Å². The summed E-state index contributed by atoms with van der Waals surface area (Å²) < 4.78 is 23.4. The maximum absolute atomic E-state index is 6.47. The van der Waals surface area contributed by atoms with E-state index in [4.69, 9.17) is 42.1 Å². The lowest BCUT2D eigenvalue weighted by Crippen LogP contribution is -2.04. The van der Waals surface area contributed by atoms with Crippen molar-refractivity contribution in [3.63, 3.8) is 0 Å². The van der Waals surface area contributed by atoms with Crippen molar-refractivity contribution in [1.82, 2.24) is 9.78 Å². The van der Waals surface area contributed by atoms with E-state index in [0.717, 1.165) is 24.7 Å². The molecular weight excluding hydrogens is 415 g/mol. The van der Waals surface area contributed by atoms with Crippen molar-refractivity contribution in [2.24, 2.45) is 0 Å². The fourth-order valence-electron chi connectivity index (χ4n) is 2.88. The molecule has 3 aromatic rings. The second kappa shape index (κ2) is 7.88. The highest BCUT2D eigenvalue weighted by Crippen LogP contribution is 2.37. The van der Waals surface area contributed by atoms with Gasteiger partial charge in [0.2, 0.25) is 0 Å². The standard InChI is InChI=1S/C21H18Cl2N2O4/c22-18-7-15(27-10-17-12-29-17)8-19(23)21(18)20-5-6-25(24-20)13-1-3-14(4-2-13)26-9-16-11-28-16/h1-8,16-17H,9-12H2. The van der Waals surface area contributed by atoms with Crippen LogP contribution in [-0.2, 0) is 9.47 Å². The first-order valence-electron chi connectivity index (χ1n) is 9.30. The number of aromatic nitrogens is 2. The van der Waals surface area contributed by atoms with Crippen LogP contribution in [0.15, 0.2) is 48.7 Å². The third kappa shape index (κ3) is 4.51. The van der Waals surface area contributed by atoms with Gasteiger partial charge in [-0.05, 0) is 42.5 Å². The molecule has 0 spiro atoms. The van der Waals surface area contributed by atoms with Crippen LogP contribution in [0.25, 0.3) is 16.9 Å². The fraction of sp³-hybridized carbons (Fsp3) is 0.286. The van der Waals surface area contributed by atoms with Crippen LogP contribution >= 0.6 is 23.2 Å². The number of hydrogen-bond acceptors (Lipinski definition) is 5. The molecule has 29 heavy (non-hydrogen) atoms. The Morgan fingerprint density at radius 1 is 0.897 bits per heavy atom. The van der Waals surface area contributed by atoms with Gasteiger partial charge in [-0.2, -0.15) is 5.10 Å². The molecule has 6 nitrogen and oxygen atoms in total. The quantitative estimate of drug-likeness (QED) is 0.493. The Morgan fingerprint density at radius 2 is 1.48 bits per heavy atom. The van der Waals surface area contributed by atoms with Crippen LogP contribution in [0.3, 0.4) is 0 Å². The average molecular weight is 433 g/mol.